The summed E-state index contributed by atoms with van der Waals surface area (Å²) in [5.74, 6) is 0.953. The number of thioether (sulfide) groups is 1. The number of fused-ring (bicyclic) bond motifs is 1. The summed E-state index contributed by atoms with van der Waals surface area (Å²) in [7, 11) is 0. The van der Waals surface area contributed by atoms with Crippen molar-refractivity contribution in [3.8, 4) is 23.0 Å². The van der Waals surface area contributed by atoms with Gasteiger partial charge in [0.2, 0.25) is 5.91 Å². The molecule has 3 aromatic rings. The molecule has 1 fully saturated rings. The van der Waals surface area contributed by atoms with Crippen molar-refractivity contribution in [3.05, 3.63) is 80.1 Å². The third-order valence-corrected chi connectivity index (χ3v) is 7.83. The van der Waals surface area contributed by atoms with Crippen LogP contribution in [0.4, 0.5) is 10.5 Å². The van der Waals surface area contributed by atoms with E-state index in [1.165, 1.54) is 0 Å². The molecule has 0 radical (unpaired) electrons. The molecule has 0 aliphatic carbocycles. The Bertz CT molecular complexity index is 1550. The van der Waals surface area contributed by atoms with Gasteiger partial charge in [-0.2, -0.15) is 0 Å². The van der Waals surface area contributed by atoms with Crippen molar-refractivity contribution in [2.75, 3.05) is 31.7 Å². The van der Waals surface area contributed by atoms with Crippen LogP contribution in [-0.2, 0) is 16.2 Å². The highest BCUT2D eigenvalue weighted by atomic mass is 79.9. The van der Waals surface area contributed by atoms with Gasteiger partial charge in [-0.15, -0.1) is 0 Å². The van der Waals surface area contributed by atoms with E-state index < -0.39 is 23.6 Å². The molecule has 9 nitrogen and oxygen atoms in total. The van der Waals surface area contributed by atoms with Crippen molar-refractivity contribution in [3.63, 3.8) is 0 Å². The molecule has 0 atom stereocenters. The highest BCUT2D eigenvalue weighted by Crippen LogP contribution is 2.40. The topological polar surface area (TPSA) is 103 Å². The number of rotatable bonds is 9. The van der Waals surface area contributed by atoms with Crippen LogP contribution >= 0.6 is 39.3 Å². The number of anilines is 1. The first kappa shape index (κ1) is 28.8. The zero-order valence-electron chi connectivity index (χ0n) is 21.8. The minimum Gasteiger partial charge on any atom is -0.490 e. The predicted octanol–water partition coefficient (Wildman–Crippen LogP) is 6.53. The lowest BCUT2D eigenvalue weighted by Crippen LogP contribution is -2.36. The zero-order valence-corrected chi connectivity index (χ0v) is 24.9. The highest BCUT2D eigenvalue weighted by molar-refractivity contribution is 9.10. The molecular formula is C29H24BrClN2O7S. The van der Waals surface area contributed by atoms with Crippen molar-refractivity contribution >= 4 is 68.1 Å². The number of imide groups is 1. The van der Waals surface area contributed by atoms with Crippen LogP contribution in [0, 0.1) is 0 Å². The summed E-state index contributed by atoms with van der Waals surface area (Å²) >= 11 is 10.5. The van der Waals surface area contributed by atoms with E-state index in [1.807, 2.05) is 25.1 Å². The van der Waals surface area contributed by atoms with Gasteiger partial charge >= 0.3 is 0 Å². The molecule has 41 heavy (non-hydrogen) atoms. The van der Waals surface area contributed by atoms with Crippen LogP contribution in [-0.4, -0.2) is 48.3 Å². The van der Waals surface area contributed by atoms with E-state index in [-0.39, 0.29) is 11.5 Å². The SMILES string of the molecule is CCOc1cc(/C=C2/SC(=O)N(CC(=O)Nc3ccc4c(c3)OCCO4)C2=O)cc(Br)c1OCc1ccccc1Cl. The summed E-state index contributed by atoms with van der Waals surface area (Å²) in [6.07, 6.45) is 1.58. The molecule has 0 bridgehead atoms. The van der Waals surface area contributed by atoms with Crippen molar-refractivity contribution < 1.29 is 33.3 Å². The second-order valence-corrected chi connectivity index (χ2v) is 11.1. The van der Waals surface area contributed by atoms with Gasteiger partial charge in [-0.25, -0.2) is 0 Å². The molecule has 12 heteroatoms. The summed E-state index contributed by atoms with van der Waals surface area (Å²) in [5, 5.41) is 2.74. The van der Waals surface area contributed by atoms with Gasteiger partial charge in [-0.05, 0) is 76.6 Å². The highest BCUT2D eigenvalue weighted by Gasteiger charge is 2.36. The number of nitrogens with one attached hydrogen (secondary N) is 1. The van der Waals surface area contributed by atoms with Crippen molar-refractivity contribution in [2.45, 2.75) is 13.5 Å². The Hall–Kier alpha value is -3.67. The molecule has 1 saturated heterocycles. The lowest BCUT2D eigenvalue weighted by atomic mass is 10.1. The fraction of sp³-hybridized carbons (Fsp3) is 0.207. The number of carbonyl (C=O) groups is 3. The third kappa shape index (κ3) is 6.80. The second-order valence-electron chi connectivity index (χ2n) is 8.82. The van der Waals surface area contributed by atoms with Gasteiger partial charge in [0, 0.05) is 22.3 Å². The van der Waals surface area contributed by atoms with Crippen LogP contribution in [0.5, 0.6) is 23.0 Å². The van der Waals surface area contributed by atoms with Gasteiger partial charge in [0.05, 0.1) is 16.0 Å². The fourth-order valence-electron chi connectivity index (χ4n) is 4.09. The first-order chi connectivity index (χ1) is 19.8. The number of carbonyl (C=O) groups excluding carboxylic acids is 3. The van der Waals surface area contributed by atoms with Crippen LogP contribution in [0.2, 0.25) is 5.02 Å². The standard InChI is InChI=1S/C29H24BrClN2O7S/c1-2-37-24-12-17(11-20(30)27(24)40-16-18-5-3-4-6-21(18)31)13-25-28(35)33(29(36)41-25)15-26(34)32-19-7-8-22-23(14-19)39-10-9-38-22/h3-8,11-14H,2,9-10,15-16H2,1H3,(H,32,34)/b25-13+. The Morgan fingerprint density at radius 2 is 1.88 bits per heavy atom. The number of amides is 3. The fourth-order valence-corrected chi connectivity index (χ4v) is 5.70. The monoisotopic (exact) mass is 658 g/mol. The van der Waals surface area contributed by atoms with Crippen LogP contribution in [0.1, 0.15) is 18.1 Å². The van der Waals surface area contributed by atoms with Gasteiger partial charge in [-0.1, -0.05) is 29.8 Å². The Morgan fingerprint density at radius 3 is 2.66 bits per heavy atom. The molecule has 0 unspecified atom stereocenters. The number of hydrogen-bond acceptors (Lipinski definition) is 8. The number of ether oxygens (including phenoxy) is 4. The van der Waals surface area contributed by atoms with Gasteiger partial charge < -0.3 is 24.3 Å². The molecule has 1 N–H and O–H groups in total. The summed E-state index contributed by atoms with van der Waals surface area (Å²) in [6.45, 7) is 2.89. The van der Waals surface area contributed by atoms with E-state index in [4.69, 9.17) is 30.5 Å². The summed E-state index contributed by atoms with van der Waals surface area (Å²) in [6, 6.07) is 15.8. The predicted molar refractivity (Wildman–Crippen MR) is 160 cm³/mol. The molecule has 3 amide bonds. The summed E-state index contributed by atoms with van der Waals surface area (Å²) < 4.78 is 23.4. The molecule has 2 heterocycles. The molecule has 2 aliphatic heterocycles. The van der Waals surface area contributed by atoms with Crippen molar-refractivity contribution in [1.82, 2.24) is 4.90 Å². The summed E-state index contributed by atoms with van der Waals surface area (Å²) in [5.41, 5.74) is 1.89. The van der Waals surface area contributed by atoms with Gasteiger partial charge in [0.15, 0.2) is 23.0 Å². The van der Waals surface area contributed by atoms with E-state index in [0.717, 1.165) is 22.2 Å². The third-order valence-electron chi connectivity index (χ3n) is 5.96. The molecule has 0 aromatic heterocycles. The molecule has 0 spiro atoms. The smallest absolute Gasteiger partial charge is 0.294 e. The first-order valence-electron chi connectivity index (χ1n) is 12.6. The molecule has 3 aromatic carbocycles. The van der Waals surface area contributed by atoms with E-state index in [0.29, 0.717) is 63.6 Å². The Balaban J connectivity index is 1.28. The molecule has 212 valence electrons. The number of nitrogens with zero attached hydrogens (tertiary/aromatic N) is 1. The van der Waals surface area contributed by atoms with Gasteiger partial charge in [0.1, 0.15) is 26.4 Å². The molecule has 0 saturated carbocycles. The lowest BCUT2D eigenvalue weighted by molar-refractivity contribution is -0.127. The largest absolute Gasteiger partial charge is 0.490 e. The maximum Gasteiger partial charge on any atom is 0.294 e. The van der Waals surface area contributed by atoms with E-state index in [9.17, 15) is 14.4 Å². The Kier molecular flexibility index (Phi) is 9.06. The summed E-state index contributed by atoms with van der Waals surface area (Å²) in [4.78, 5) is 39.5. The molecular weight excluding hydrogens is 636 g/mol. The first-order valence-corrected chi connectivity index (χ1v) is 14.6. The Labute approximate surface area is 253 Å². The van der Waals surface area contributed by atoms with Crippen LogP contribution in [0.25, 0.3) is 6.08 Å². The molecule has 5 rings (SSSR count). The normalized spacial score (nSPS) is 15.3. The van der Waals surface area contributed by atoms with Gasteiger partial charge in [-0.3, -0.25) is 19.3 Å². The number of hydrogen-bond donors (Lipinski definition) is 1. The maximum atomic E-state index is 13.1. The minimum absolute atomic E-state index is 0.182. The van der Waals surface area contributed by atoms with Crippen molar-refractivity contribution in [1.29, 1.82) is 0 Å². The van der Waals surface area contributed by atoms with Crippen molar-refractivity contribution in [2.24, 2.45) is 0 Å². The van der Waals surface area contributed by atoms with Gasteiger partial charge in [0.25, 0.3) is 11.1 Å². The minimum atomic E-state index is -0.564. The quantitative estimate of drug-likeness (QED) is 0.259. The lowest BCUT2D eigenvalue weighted by Gasteiger charge is -2.19. The number of halogens is 2. The van der Waals surface area contributed by atoms with E-state index in [1.54, 1.807) is 42.5 Å². The second kappa shape index (κ2) is 12.9. The average molecular weight is 660 g/mol. The Morgan fingerprint density at radius 1 is 1.10 bits per heavy atom. The zero-order chi connectivity index (χ0) is 28.9. The number of benzene rings is 3. The average Bonchev–Trinajstić information content (AvgIpc) is 3.20. The van der Waals surface area contributed by atoms with E-state index >= 15 is 0 Å². The molecule has 2 aliphatic rings. The van der Waals surface area contributed by atoms with Crippen LogP contribution in [0.15, 0.2) is 64.0 Å². The maximum absolute atomic E-state index is 13.1. The van der Waals surface area contributed by atoms with E-state index in [2.05, 4.69) is 21.2 Å². The van der Waals surface area contributed by atoms with Crippen LogP contribution < -0.4 is 24.3 Å². The van der Waals surface area contributed by atoms with Crippen LogP contribution in [0.3, 0.4) is 0 Å².